The van der Waals surface area contributed by atoms with E-state index >= 15 is 0 Å². The van der Waals surface area contributed by atoms with Crippen LogP contribution in [0.1, 0.15) is 11.7 Å². The van der Waals surface area contributed by atoms with Crippen molar-refractivity contribution in [2.24, 2.45) is 5.73 Å². The fourth-order valence-corrected chi connectivity index (χ4v) is 1.39. The molecule has 0 radical (unpaired) electrons. The largest absolute Gasteiger partial charge is 0.504 e. The van der Waals surface area contributed by atoms with Crippen LogP contribution in [0.4, 0.5) is 0 Å². The number of phenols is 1. The summed E-state index contributed by atoms with van der Waals surface area (Å²) in [6, 6.07) is 3.56. The molecule has 0 aliphatic heterocycles. The van der Waals surface area contributed by atoms with Crippen LogP contribution in [-0.4, -0.2) is 56.2 Å². The number of aliphatic hydroxyl groups is 3. The van der Waals surface area contributed by atoms with Gasteiger partial charge < -0.3 is 36.0 Å². The topological polar surface area (TPSA) is 171 Å². The van der Waals surface area contributed by atoms with Crippen molar-refractivity contribution < 1.29 is 39.9 Å². The van der Waals surface area contributed by atoms with Crippen LogP contribution in [0.15, 0.2) is 18.2 Å². The lowest BCUT2D eigenvalue weighted by Gasteiger charge is -2.15. The molecule has 3 atom stereocenters. The van der Waals surface area contributed by atoms with E-state index < -0.39 is 41.7 Å². The molecule has 3 unspecified atom stereocenters. The Balaban J connectivity index is 2.91. The highest BCUT2D eigenvalue weighted by Crippen LogP contribution is 2.29. The molecule has 0 aromatic heterocycles. The number of carboxylic acids is 1. The number of aliphatic carboxylic acids is 1. The molecular formula is C12H15NO8. The van der Waals surface area contributed by atoms with Gasteiger partial charge in [-0.15, -0.1) is 0 Å². The van der Waals surface area contributed by atoms with Gasteiger partial charge in [0.25, 0.3) is 0 Å². The number of carbonyl (C=O) groups excluding carboxylic acids is 1. The second-order valence-electron chi connectivity index (χ2n) is 4.13. The number of aliphatic hydroxyl groups excluding tert-OH is 3. The first kappa shape index (κ1) is 16.9. The second-order valence-corrected chi connectivity index (χ2v) is 4.13. The lowest BCUT2D eigenvalue weighted by Crippen LogP contribution is -2.41. The monoisotopic (exact) mass is 301 g/mol. The molecular weight excluding hydrogens is 286 g/mol. The number of carbonyl (C=O) groups is 2. The van der Waals surface area contributed by atoms with Crippen LogP contribution in [0.3, 0.4) is 0 Å². The van der Waals surface area contributed by atoms with Gasteiger partial charge >= 0.3 is 11.9 Å². The molecule has 0 spiro atoms. The Bertz CT molecular complexity index is 532. The molecule has 0 aliphatic carbocycles. The quantitative estimate of drug-likeness (QED) is 0.259. The molecule has 0 aliphatic rings. The number of hydrogen-bond acceptors (Lipinski definition) is 8. The molecule has 9 nitrogen and oxygen atoms in total. The van der Waals surface area contributed by atoms with Crippen LogP contribution in [-0.2, 0) is 9.59 Å². The summed E-state index contributed by atoms with van der Waals surface area (Å²) in [6.07, 6.45) is -5.75. The van der Waals surface area contributed by atoms with Crippen LogP contribution in [0, 0.1) is 0 Å². The van der Waals surface area contributed by atoms with E-state index in [0.717, 1.165) is 12.1 Å². The van der Waals surface area contributed by atoms with Gasteiger partial charge in [-0.1, -0.05) is 6.07 Å². The van der Waals surface area contributed by atoms with E-state index in [0.29, 0.717) is 0 Å². The summed E-state index contributed by atoms with van der Waals surface area (Å²) in [6.45, 7) is -0.113. The zero-order chi connectivity index (χ0) is 16.2. The Hall–Kier alpha value is -2.20. The third-order valence-corrected chi connectivity index (χ3v) is 2.60. The molecule has 7 N–H and O–H groups in total. The van der Waals surface area contributed by atoms with Crippen LogP contribution < -0.4 is 10.5 Å². The first-order valence-corrected chi connectivity index (χ1v) is 5.79. The van der Waals surface area contributed by atoms with Crippen molar-refractivity contribution in [1.82, 2.24) is 0 Å². The summed E-state index contributed by atoms with van der Waals surface area (Å²) >= 11 is 0. The maximum absolute atomic E-state index is 11.5. The number of rotatable bonds is 6. The Labute approximate surface area is 118 Å². The minimum atomic E-state index is -2.36. The molecule has 0 amide bonds. The second kappa shape index (κ2) is 6.99. The number of benzene rings is 1. The number of nitrogens with two attached hydrogens (primary N) is 1. The summed E-state index contributed by atoms with van der Waals surface area (Å²) < 4.78 is 4.60. The molecule has 1 aromatic rings. The lowest BCUT2D eigenvalue weighted by atomic mass is 10.1. The fraction of sp³-hybridized carbons (Fsp3) is 0.333. The van der Waals surface area contributed by atoms with Crippen molar-refractivity contribution in [3.63, 3.8) is 0 Å². The van der Waals surface area contributed by atoms with E-state index in [2.05, 4.69) is 4.74 Å². The smallest absolute Gasteiger partial charge is 0.343 e. The van der Waals surface area contributed by atoms with Gasteiger partial charge in [-0.25, -0.2) is 9.59 Å². The first-order chi connectivity index (χ1) is 9.77. The molecule has 0 bridgehead atoms. The normalized spacial score (nSPS) is 15.0. The molecule has 0 saturated heterocycles. The highest BCUT2D eigenvalue weighted by atomic mass is 16.6. The number of aromatic hydroxyl groups is 1. The summed E-state index contributed by atoms with van der Waals surface area (Å²) in [5, 5.41) is 45.8. The summed E-state index contributed by atoms with van der Waals surface area (Å²) in [5.74, 6) is -4.18. The Morgan fingerprint density at radius 2 is 1.81 bits per heavy atom. The number of esters is 1. The molecule has 0 saturated carbocycles. The Morgan fingerprint density at radius 1 is 1.19 bits per heavy atom. The number of hydrogen-bond donors (Lipinski definition) is 6. The third kappa shape index (κ3) is 4.13. The van der Waals surface area contributed by atoms with E-state index in [1.54, 1.807) is 0 Å². The highest BCUT2D eigenvalue weighted by Gasteiger charge is 2.32. The molecule has 21 heavy (non-hydrogen) atoms. The van der Waals surface area contributed by atoms with Crippen molar-refractivity contribution in [3.05, 3.63) is 23.8 Å². The summed E-state index contributed by atoms with van der Waals surface area (Å²) in [4.78, 5) is 21.9. The van der Waals surface area contributed by atoms with E-state index in [4.69, 9.17) is 15.9 Å². The average molecular weight is 301 g/mol. The van der Waals surface area contributed by atoms with Crippen molar-refractivity contribution in [2.75, 3.05) is 6.54 Å². The van der Waals surface area contributed by atoms with Gasteiger partial charge in [0.2, 0.25) is 0 Å². The molecule has 9 heteroatoms. The Kier molecular flexibility index (Phi) is 5.61. The Morgan fingerprint density at radius 3 is 2.33 bits per heavy atom. The van der Waals surface area contributed by atoms with Crippen LogP contribution in [0.5, 0.6) is 11.5 Å². The SMILES string of the molecule is NCC(O)c1ccc(O)c(OC(=O)C(O)C(O)C(=O)O)c1. The number of phenolic OH excluding ortho intramolecular Hbond substituents is 1. The van der Waals surface area contributed by atoms with Crippen LogP contribution >= 0.6 is 0 Å². The predicted molar refractivity (Wildman–Crippen MR) is 67.4 cm³/mol. The highest BCUT2D eigenvalue weighted by molar-refractivity contribution is 5.85. The zero-order valence-electron chi connectivity index (χ0n) is 10.7. The van der Waals surface area contributed by atoms with Crippen molar-refractivity contribution in [3.8, 4) is 11.5 Å². The molecule has 1 aromatic carbocycles. The molecule has 1 rings (SSSR count). The van der Waals surface area contributed by atoms with Crippen LogP contribution in [0.2, 0.25) is 0 Å². The fourth-order valence-electron chi connectivity index (χ4n) is 1.39. The van der Waals surface area contributed by atoms with Gasteiger partial charge in [0.15, 0.2) is 23.7 Å². The average Bonchev–Trinajstić information content (AvgIpc) is 2.46. The zero-order valence-corrected chi connectivity index (χ0v) is 10.7. The van der Waals surface area contributed by atoms with Crippen molar-refractivity contribution in [2.45, 2.75) is 18.3 Å². The van der Waals surface area contributed by atoms with E-state index in [9.17, 15) is 24.9 Å². The summed E-state index contributed by atoms with van der Waals surface area (Å²) in [5.41, 5.74) is 5.50. The van der Waals surface area contributed by atoms with E-state index in [-0.39, 0.29) is 12.1 Å². The minimum absolute atomic E-state index is 0.113. The van der Waals surface area contributed by atoms with Gasteiger partial charge in [0, 0.05) is 6.54 Å². The number of ether oxygens (including phenoxy) is 1. The number of carboxylic acid groups (broad SMARTS) is 1. The van der Waals surface area contributed by atoms with Gasteiger partial charge in [0.05, 0.1) is 6.10 Å². The van der Waals surface area contributed by atoms with Gasteiger partial charge in [-0.05, 0) is 17.7 Å². The third-order valence-electron chi connectivity index (χ3n) is 2.60. The van der Waals surface area contributed by atoms with Gasteiger partial charge in [-0.2, -0.15) is 0 Å². The van der Waals surface area contributed by atoms with Crippen molar-refractivity contribution >= 4 is 11.9 Å². The van der Waals surface area contributed by atoms with Gasteiger partial charge in [-0.3, -0.25) is 0 Å². The van der Waals surface area contributed by atoms with E-state index in [1.807, 2.05) is 0 Å². The van der Waals surface area contributed by atoms with Crippen LogP contribution in [0.25, 0.3) is 0 Å². The van der Waals surface area contributed by atoms with Crippen molar-refractivity contribution in [1.29, 1.82) is 0 Å². The maximum atomic E-state index is 11.5. The predicted octanol–water partition coefficient (Wildman–Crippen LogP) is -1.90. The minimum Gasteiger partial charge on any atom is -0.504 e. The maximum Gasteiger partial charge on any atom is 0.343 e. The summed E-state index contributed by atoms with van der Waals surface area (Å²) in [7, 11) is 0. The molecule has 0 heterocycles. The lowest BCUT2D eigenvalue weighted by molar-refractivity contribution is -0.164. The molecule has 0 fully saturated rings. The molecule has 116 valence electrons. The van der Waals surface area contributed by atoms with Gasteiger partial charge in [0.1, 0.15) is 0 Å². The first-order valence-electron chi connectivity index (χ1n) is 5.79. The van der Waals surface area contributed by atoms with E-state index in [1.165, 1.54) is 6.07 Å². The standard InChI is InChI=1S/C12H15NO8/c13-4-7(15)5-1-2-6(14)8(3-5)21-12(20)10(17)9(16)11(18)19/h1-3,7,9-10,14-17H,4,13H2,(H,18,19).